The Kier molecular flexibility index (Phi) is 4.04. The number of amides is 1. The molecule has 1 amide bonds. The predicted molar refractivity (Wildman–Crippen MR) is 76.7 cm³/mol. The Hall–Kier alpha value is -1.56. The molecule has 2 N–H and O–H groups in total. The molecular formula is C14H16BrNO4. The summed E-state index contributed by atoms with van der Waals surface area (Å²) in [6.07, 6.45) is 0.844. The first-order valence-corrected chi connectivity index (χ1v) is 7.14. The van der Waals surface area contributed by atoms with E-state index in [0.29, 0.717) is 30.4 Å². The first-order valence-electron chi connectivity index (χ1n) is 6.35. The molecular weight excluding hydrogens is 326 g/mol. The second-order valence-electron chi connectivity index (χ2n) is 5.32. The van der Waals surface area contributed by atoms with E-state index in [4.69, 9.17) is 5.11 Å². The molecule has 0 radical (unpaired) electrons. The van der Waals surface area contributed by atoms with E-state index in [-0.39, 0.29) is 17.2 Å². The molecule has 0 spiro atoms. The highest BCUT2D eigenvalue weighted by molar-refractivity contribution is 9.10. The quantitative estimate of drug-likeness (QED) is 0.866. The average Bonchev–Trinajstić information content (AvgIpc) is 2.38. The molecule has 0 bridgehead atoms. The summed E-state index contributed by atoms with van der Waals surface area (Å²) >= 11 is 3.22. The van der Waals surface area contributed by atoms with Crippen LogP contribution in [0.25, 0.3) is 0 Å². The molecule has 2 rings (SSSR count). The van der Waals surface area contributed by atoms with E-state index < -0.39 is 11.4 Å². The first-order chi connectivity index (χ1) is 9.33. The van der Waals surface area contributed by atoms with Crippen molar-refractivity contribution in [2.75, 3.05) is 13.1 Å². The number of benzene rings is 1. The van der Waals surface area contributed by atoms with Gasteiger partial charge in [0.15, 0.2) is 0 Å². The lowest BCUT2D eigenvalue weighted by Crippen LogP contribution is -2.45. The van der Waals surface area contributed by atoms with Crippen molar-refractivity contribution in [3.63, 3.8) is 0 Å². The zero-order chi connectivity index (χ0) is 14.9. The Labute approximate surface area is 125 Å². The second-order valence-corrected chi connectivity index (χ2v) is 6.24. The molecule has 5 nitrogen and oxygen atoms in total. The van der Waals surface area contributed by atoms with Gasteiger partial charge >= 0.3 is 5.97 Å². The largest absolute Gasteiger partial charge is 0.507 e. The number of hydrogen-bond donors (Lipinski definition) is 2. The molecule has 1 fully saturated rings. The van der Waals surface area contributed by atoms with Gasteiger partial charge in [-0.15, -0.1) is 0 Å². The lowest BCUT2D eigenvalue weighted by Gasteiger charge is -2.36. The van der Waals surface area contributed by atoms with Gasteiger partial charge in [-0.2, -0.15) is 0 Å². The molecule has 108 valence electrons. The summed E-state index contributed by atoms with van der Waals surface area (Å²) in [6, 6.07) is 4.73. The summed E-state index contributed by atoms with van der Waals surface area (Å²) in [5, 5.41) is 19.0. The number of carbonyl (C=O) groups excluding carboxylic acids is 1. The molecule has 0 aliphatic carbocycles. The number of hydrogen-bond acceptors (Lipinski definition) is 3. The summed E-state index contributed by atoms with van der Waals surface area (Å²) in [4.78, 5) is 25.1. The molecule has 1 saturated heterocycles. The fourth-order valence-corrected chi connectivity index (χ4v) is 2.62. The van der Waals surface area contributed by atoms with E-state index in [1.807, 2.05) is 0 Å². The van der Waals surface area contributed by atoms with E-state index in [1.165, 1.54) is 6.07 Å². The molecule has 0 unspecified atom stereocenters. The van der Waals surface area contributed by atoms with Gasteiger partial charge in [0.1, 0.15) is 5.75 Å². The van der Waals surface area contributed by atoms with Crippen molar-refractivity contribution >= 4 is 27.8 Å². The van der Waals surface area contributed by atoms with Gasteiger partial charge in [0, 0.05) is 17.6 Å². The van der Waals surface area contributed by atoms with Gasteiger partial charge in [0.05, 0.1) is 11.0 Å². The van der Waals surface area contributed by atoms with Crippen molar-refractivity contribution in [3.8, 4) is 5.75 Å². The van der Waals surface area contributed by atoms with E-state index >= 15 is 0 Å². The minimum absolute atomic E-state index is 0.0732. The zero-order valence-corrected chi connectivity index (χ0v) is 12.7. The number of rotatable bonds is 2. The lowest BCUT2D eigenvalue weighted by molar-refractivity contribution is -0.150. The molecule has 1 aliphatic rings. The number of aromatic hydroxyl groups is 1. The fourth-order valence-electron chi connectivity index (χ4n) is 2.27. The molecule has 6 heteroatoms. The van der Waals surface area contributed by atoms with Gasteiger partial charge < -0.3 is 15.1 Å². The lowest BCUT2D eigenvalue weighted by atomic mass is 9.80. The highest BCUT2D eigenvalue weighted by Gasteiger charge is 2.38. The van der Waals surface area contributed by atoms with Gasteiger partial charge in [-0.3, -0.25) is 9.59 Å². The number of likely N-dealkylation sites (tertiary alicyclic amines) is 1. The molecule has 1 aromatic rings. The molecule has 1 aromatic carbocycles. The summed E-state index contributed by atoms with van der Waals surface area (Å²) < 4.78 is 0.698. The van der Waals surface area contributed by atoms with Crippen molar-refractivity contribution in [1.29, 1.82) is 0 Å². The maximum atomic E-state index is 12.3. The van der Waals surface area contributed by atoms with Gasteiger partial charge in [-0.05, 0) is 38.0 Å². The van der Waals surface area contributed by atoms with Gasteiger partial charge in [-0.25, -0.2) is 0 Å². The van der Waals surface area contributed by atoms with Crippen molar-refractivity contribution in [1.82, 2.24) is 4.90 Å². The molecule has 0 atom stereocenters. The molecule has 1 heterocycles. The molecule has 0 saturated carbocycles. The minimum Gasteiger partial charge on any atom is -0.507 e. The van der Waals surface area contributed by atoms with Gasteiger partial charge in [0.25, 0.3) is 5.91 Å². The molecule has 1 aliphatic heterocycles. The number of nitrogens with zero attached hydrogens (tertiary/aromatic N) is 1. The Balaban J connectivity index is 2.11. The Bertz CT molecular complexity index is 550. The third-order valence-corrected chi connectivity index (χ3v) is 4.35. The second kappa shape index (κ2) is 5.44. The number of carboxylic acids is 1. The Morgan fingerprint density at radius 3 is 2.40 bits per heavy atom. The van der Waals surface area contributed by atoms with E-state index in [1.54, 1.807) is 24.0 Å². The van der Waals surface area contributed by atoms with E-state index in [2.05, 4.69) is 15.9 Å². The number of carboxylic acid groups (broad SMARTS) is 1. The number of piperidine rings is 1. The number of phenols is 1. The monoisotopic (exact) mass is 341 g/mol. The van der Waals surface area contributed by atoms with Crippen LogP contribution in [-0.4, -0.2) is 40.1 Å². The Morgan fingerprint density at radius 1 is 1.30 bits per heavy atom. The van der Waals surface area contributed by atoms with Gasteiger partial charge in [-0.1, -0.05) is 15.9 Å². The Morgan fingerprint density at radius 2 is 1.90 bits per heavy atom. The van der Waals surface area contributed by atoms with Crippen LogP contribution in [0, 0.1) is 5.41 Å². The van der Waals surface area contributed by atoms with Crippen LogP contribution in [0.3, 0.4) is 0 Å². The third-order valence-electron chi connectivity index (χ3n) is 3.86. The zero-order valence-electron chi connectivity index (χ0n) is 11.1. The SMILES string of the molecule is CC1(C(=O)O)CCN(C(=O)c2ccc(Br)cc2O)CC1. The number of carbonyl (C=O) groups is 2. The standard InChI is InChI=1S/C14H16BrNO4/c1-14(13(19)20)4-6-16(7-5-14)12(18)10-3-2-9(15)8-11(10)17/h2-3,8,17H,4-7H2,1H3,(H,19,20). The summed E-state index contributed by atoms with van der Waals surface area (Å²) in [6.45, 7) is 2.47. The highest BCUT2D eigenvalue weighted by atomic mass is 79.9. The van der Waals surface area contributed by atoms with Crippen LogP contribution in [0.5, 0.6) is 5.75 Å². The smallest absolute Gasteiger partial charge is 0.309 e. The minimum atomic E-state index is -0.823. The van der Waals surface area contributed by atoms with Crippen molar-refractivity contribution in [2.24, 2.45) is 5.41 Å². The van der Waals surface area contributed by atoms with Crippen LogP contribution in [0.4, 0.5) is 0 Å². The van der Waals surface area contributed by atoms with Crippen LogP contribution in [-0.2, 0) is 4.79 Å². The number of phenolic OH excluding ortho intramolecular Hbond substituents is 1. The van der Waals surface area contributed by atoms with Crippen LogP contribution in [0.15, 0.2) is 22.7 Å². The first kappa shape index (κ1) is 14.8. The maximum Gasteiger partial charge on any atom is 0.309 e. The van der Waals surface area contributed by atoms with Crippen LogP contribution in [0.2, 0.25) is 0 Å². The van der Waals surface area contributed by atoms with E-state index in [0.717, 1.165) is 0 Å². The molecule has 20 heavy (non-hydrogen) atoms. The van der Waals surface area contributed by atoms with Crippen molar-refractivity contribution in [3.05, 3.63) is 28.2 Å². The van der Waals surface area contributed by atoms with Gasteiger partial charge in [0.2, 0.25) is 0 Å². The average molecular weight is 342 g/mol. The van der Waals surface area contributed by atoms with Crippen LogP contribution < -0.4 is 0 Å². The van der Waals surface area contributed by atoms with Crippen molar-refractivity contribution < 1.29 is 19.8 Å². The fraction of sp³-hybridized carbons (Fsp3) is 0.429. The van der Waals surface area contributed by atoms with Crippen molar-refractivity contribution in [2.45, 2.75) is 19.8 Å². The summed E-state index contributed by atoms with van der Waals surface area (Å²) in [5.74, 6) is -1.16. The number of aliphatic carboxylic acids is 1. The third kappa shape index (κ3) is 2.80. The summed E-state index contributed by atoms with van der Waals surface area (Å²) in [5.41, 5.74) is -0.523. The highest BCUT2D eigenvalue weighted by Crippen LogP contribution is 2.32. The predicted octanol–water partition coefficient (Wildman–Crippen LogP) is 2.48. The van der Waals surface area contributed by atoms with Crippen LogP contribution in [0.1, 0.15) is 30.1 Å². The topological polar surface area (TPSA) is 77.8 Å². The summed E-state index contributed by atoms with van der Waals surface area (Å²) in [7, 11) is 0. The van der Waals surface area contributed by atoms with Crippen LogP contribution >= 0.6 is 15.9 Å². The normalized spacial score (nSPS) is 17.8. The molecule has 0 aromatic heterocycles. The number of halogens is 1. The maximum absolute atomic E-state index is 12.3. The van der Waals surface area contributed by atoms with E-state index in [9.17, 15) is 14.7 Å².